The number of nitrogens with zero attached hydrogens (tertiary/aromatic N) is 3. The van der Waals surface area contributed by atoms with E-state index in [1.54, 1.807) is 0 Å². The highest BCUT2D eigenvalue weighted by Crippen LogP contribution is 2.35. The lowest BCUT2D eigenvalue weighted by molar-refractivity contribution is 0.595. The van der Waals surface area contributed by atoms with Crippen molar-refractivity contribution in [1.82, 2.24) is 15.0 Å². The van der Waals surface area contributed by atoms with Gasteiger partial charge in [-0.2, -0.15) is 0 Å². The number of hydrogen-bond acceptors (Lipinski definition) is 2. The Labute approximate surface area is 67.5 Å². The van der Waals surface area contributed by atoms with Crippen molar-refractivity contribution < 1.29 is 0 Å². The Hall–Kier alpha value is -0.380. The largest absolute Gasteiger partial charge is 0.245 e. The van der Waals surface area contributed by atoms with Crippen molar-refractivity contribution in [3.05, 3.63) is 10.3 Å². The molecule has 0 bridgehead atoms. The first-order chi connectivity index (χ1) is 4.79. The highest BCUT2D eigenvalue weighted by molar-refractivity contribution is 9.10. The molecule has 0 aliphatic heterocycles. The third-order valence-corrected chi connectivity index (χ3v) is 2.50. The van der Waals surface area contributed by atoms with Crippen LogP contribution in [-0.4, -0.2) is 15.0 Å². The van der Waals surface area contributed by atoms with Crippen molar-refractivity contribution >= 4 is 15.9 Å². The fourth-order valence-corrected chi connectivity index (χ4v) is 1.24. The minimum atomic E-state index is 0.638. The van der Waals surface area contributed by atoms with Crippen molar-refractivity contribution in [3.63, 3.8) is 0 Å². The summed E-state index contributed by atoms with van der Waals surface area (Å²) in [6, 6.07) is 0.638. The maximum absolute atomic E-state index is 4.00. The van der Waals surface area contributed by atoms with Gasteiger partial charge in [-0.25, -0.2) is 4.68 Å². The van der Waals surface area contributed by atoms with Crippen LogP contribution in [-0.2, 0) is 0 Å². The molecule has 3 nitrogen and oxygen atoms in total. The minimum absolute atomic E-state index is 0.638. The van der Waals surface area contributed by atoms with E-state index in [-0.39, 0.29) is 0 Å². The summed E-state index contributed by atoms with van der Waals surface area (Å²) in [7, 11) is 0. The van der Waals surface area contributed by atoms with Crippen molar-refractivity contribution in [2.24, 2.45) is 0 Å². The quantitative estimate of drug-likeness (QED) is 0.693. The van der Waals surface area contributed by atoms with Crippen LogP contribution >= 0.6 is 15.9 Å². The second kappa shape index (κ2) is 2.05. The molecule has 4 heteroatoms. The van der Waals surface area contributed by atoms with Crippen LogP contribution < -0.4 is 0 Å². The molecule has 1 aliphatic rings. The molecule has 0 radical (unpaired) electrons. The highest BCUT2D eigenvalue weighted by atomic mass is 79.9. The highest BCUT2D eigenvalue weighted by Gasteiger charge is 2.26. The molecule has 0 N–H and O–H groups in total. The van der Waals surface area contributed by atoms with Crippen LogP contribution in [0.4, 0.5) is 0 Å². The average Bonchev–Trinajstić information content (AvgIpc) is 2.67. The maximum Gasteiger partial charge on any atom is 0.151 e. The molecule has 1 saturated carbocycles. The smallest absolute Gasteiger partial charge is 0.151 e. The van der Waals surface area contributed by atoms with Gasteiger partial charge in [0.05, 0.1) is 11.7 Å². The summed E-state index contributed by atoms with van der Waals surface area (Å²) in [5.41, 5.74) is 1.14. The van der Waals surface area contributed by atoms with Gasteiger partial charge in [0.15, 0.2) is 4.60 Å². The molecule has 0 aromatic carbocycles. The van der Waals surface area contributed by atoms with E-state index in [0.29, 0.717) is 6.04 Å². The molecule has 0 spiro atoms. The summed E-state index contributed by atoms with van der Waals surface area (Å²) >= 11 is 3.32. The van der Waals surface area contributed by atoms with Gasteiger partial charge in [-0.15, -0.1) is 5.10 Å². The molecule has 2 rings (SSSR count). The van der Waals surface area contributed by atoms with Gasteiger partial charge in [0.25, 0.3) is 0 Å². The lowest BCUT2D eigenvalue weighted by Gasteiger charge is -1.96. The lowest BCUT2D eigenvalue weighted by Crippen LogP contribution is -1.98. The number of rotatable bonds is 1. The molecular formula is C6H8BrN3. The van der Waals surface area contributed by atoms with Gasteiger partial charge in [-0.3, -0.25) is 0 Å². The van der Waals surface area contributed by atoms with Gasteiger partial charge in [-0.1, -0.05) is 5.21 Å². The Bertz CT molecular complexity index is 251. The second-order valence-corrected chi connectivity index (χ2v) is 3.39. The van der Waals surface area contributed by atoms with Crippen molar-refractivity contribution in [2.75, 3.05) is 0 Å². The minimum Gasteiger partial charge on any atom is -0.245 e. The second-order valence-electron chi connectivity index (χ2n) is 2.64. The molecule has 1 aromatic rings. The molecule has 1 fully saturated rings. The van der Waals surface area contributed by atoms with E-state index in [1.165, 1.54) is 12.8 Å². The average molecular weight is 202 g/mol. The standard InChI is InChI=1S/C6H8BrN3/c1-4-6(7)8-9-10(4)5-2-3-5/h5H,2-3H2,1H3. The van der Waals surface area contributed by atoms with E-state index in [9.17, 15) is 0 Å². The molecule has 54 valence electrons. The Balaban J connectivity index is 2.40. The predicted octanol–water partition coefficient (Wildman–Crippen LogP) is 1.68. The molecule has 1 aromatic heterocycles. The van der Waals surface area contributed by atoms with E-state index >= 15 is 0 Å². The zero-order valence-corrected chi connectivity index (χ0v) is 7.30. The van der Waals surface area contributed by atoms with E-state index in [4.69, 9.17) is 0 Å². The van der Waals surface area contributed by atoms with Gasteiger partial charge in [-0.05, 0) is 35.7 Å². The molecule has 1 heterocycles. The summed E-state index contributed by atoms with van der Waals surface area (Å²) in [6.07, 6.45) is 2.52. The van der Waals surface area contributed by atoms with E-state index in [0.717, 1.165) is 10.3 Å². The number of hydrogen-bond donors (Lipinski definition) is 0. The fourth-order valence-electron chi connectivity index (χ4n) is 0.987. The summed E-state index contributed by atoms with van der Waals surface area (Å²) in [6.45, 7) is 2.03. The van der Waals surface area contributed by atoms with Crippen LogP contribution in [0.1, 0.15) is 24.6 Å². The molecule has 0 unspecified atom stereocenters. The van der Waals surface area contributed by atoms with Crippen LogP contribution in [0, 0.1) is 6.92 Å². The Morgan fingerprint density at radius 1 is 1.60 bits per heavy atom. The predicted molar refractivity (Wildman–Crippen MR) is 40.7 cm³/mol. The van der Waals surface area contributed by atoms with Gasteiger partial charge in [0.2, 0.25) is 0 Å². The molecule has 0 amide bonds. The fraction of sp³-hybridized carbons (Fsp3) is 0.667. The van der Waals surface area contributed by atoms with Crippen molar-refractivity contribution in [1.29, 1.82) is 0 Å². The normalized spacial score (nSPS) is 17.8. The zero-order valence-electron chi connectivity index (χ0n) is 5.71. The number of halogens is 1. The molecule has 10 heavy (non-hydrogen) atoms. The first-order valence-electron chi connectivity index (χ1n) is 3.36. The van der Waals surface area contributed by atoms with E-state index in [2.05, 4.69) is 26.2 Å². The van der Waals surface area contributed by atoms with E-state index < -0.39 is 0 Å². The summed E-state index contributed by atoms with van der Waals surface area (Å²) in [5.74, 6) is 0. The van der Waals surface area contributed by atoms with Crippen LogP contribution in [0.15, 0.2) is 4.60 Å². The Kier molecular flexibility index (Phi) is 1.30. The van der Waals surface area contributed by atoms with Gasteiger partial charge in [0.1, 0.15) is 0 Å². The van der Waals surface area contributed by atoms with Crippen molar-refractivity contribution in [2.45, 2.75) is 25.8 Å². The first-order valence-corrected chi connectivity index (χ1v) is 4.15. The van der Waals surface area contributed by atoms with Crippen LogP contribution in [0.3, 0.4) is 0 Å². The van der Waals surface area contributed by atoms with Crippen LogP contribution in [0.5, 0.6) is 0 Å². The Morgan fingerprint density at radius 3 is 2.70 bits per heavy atom. The molecule has 1 aliphatic carbocycles. The molecule has 0 saturated heterocycles. The van der Waals surface area contributed by atoms with Crippen LogP contribution in [0.2, 0.25) is 0 Å². The third kappa shape index (κ3) is 0.868. The molecule has 0 atom stereocenters. The summed E-state index contributed by atoms with van der Waals surface area (Å²) in [5, 5.41) is 7.90. The lowest BCUT2D eigenvalue weighted by atomic mass is 10.5. The topological polar surface area (TPSA) is 30.7 Å². The zero-order chi connectivity index (χ0) is 7.14. The molecular weight excluding hydrogens is 194 g/mol. The van der Waals surface area contributed by atoms with Crippen LogP contribution in [0.25, 0.3) is 0 Å². The summed E-state index contributed by atoms with van der Waals surface area (Å²) < 4.78 is 2.86. The number of aromatic nitrogens is 3. The Morgan fingerprint density at radius 2 is 2.30 bits per heavy atom. The maximum atomic E-state index is 4.00. The van der Waals surface area contributed by atoms with Gasteiger partial charge >= 0.3 is 0 Å². The van der Waals surface area contributed by atoms with Crippen molar-refractivity contribution in [3.8, 4) is 0 Å². The van der Waals surface area contributed by atoms with E-state index in [1.807, 2.05) is 11.6 Å². The summed E-state index contributed by atoms with van der Waals surface area (Å²) in [4.78, 5) is 0. The monoisotopic (exact) mass is 201 g/mol. The third-order valence-electron chi connectivity index (χ3n) is 1.76. The van der Waals surface area contributed by atoms with Gasteiger partial charge in [0, 0.05) is 0 Å². The first kappa shape index (κ1) is 6.34. The van der Waals surface area contributed by atoms with Gasteiger partial charge < -0.3 is 0 Å². The SMILES string of the molecule is Cc1c(Br)nnn1C1CC1.